The molecule has 2 aromatic rings. The van der Waals surface area contributed by atoms with E-state index in [9.17, 15) is 14.3 Å². The number of likely N-dealkylation sites (tertiary alicyclic amines) is 1. The molecule has 0 radical (unpaired) electrons. The van der Waals surface area contributed by atoms with Crippen molar-refractivity contribution in [2.24, 2.45) is 0 Å². The van der Waals surface area contributed by atoms with Gasteiger partial charge in [0.15, 0.2) is 0 Å². The van der Waals surface area contributed by atoms with Crippen LogP contribution in [0, 0.1) is 5.82 Å². The zero-order chi connectivity index (χ0) is 19.9. The summed E-state index contributed by atoms with van der Waals surface area (Å²) in [7, 11) is 0. The van der Waals surface area contributed by atoms with Crippen LogP contribution in [0.2, 0.25) is 0 Å². The lowest BCUT2D eigenvalue weighted by atomic mass is 10.1. The number of carbonyl (C=O) groups is 1. The van der Waals surface area contributed by atoms with Gasteiger partial charge < -0.3 is 14.9 Å². The van der Waals surface area contributed by atoms with Gasteiger partial charge in [0.1, 0.15) is 12.1 Å². The average molecular weight is 386 g/mol. The van der Waals surface area contributed by atoms with Gasteiger partial charge in [-0.15, -0.1) is 0 Å². The lowest BCUT2D eigenvalue weighted by molar-refractivity contribution is -0.132. The third-order valence-corrected chi connectivity index (χ3v) is 5.29. The minimum Gasteiger partial charge on any atom is -0.387 e. The molecule has 1 aliphatic heterocycles. The van der Waals surface area contributed by atoms with Crippen LogP contribution in [0.25, 0.3) is 0 Å². The van der Waals surface area contributed by atoms with Crippen LogP contribution in [0.4, 0.5) is 4.39 Å². The lowest BCUT2D eigenvalue weighted by Gasteiger charge is -2.30. The van der Waals surface area contributed by atoms with E-state index >= 15 is 0 Å². The number of amides is 1. The summed E-state index contributed by atoms with van der Waals surface area (Å²) in [6.45, 7) is 4.29. The molecule has 7 heteroatoms. The zero-order valence-electron chi connectivity index (χ0n) is 16.2. The summed E-state index contributed by atoms with van der Waals surface area (Å²) in [5, 5.41) is 10.5. The first-order valence-electron chi connectivity index (χ1n) is 9.70. The maximum atomic E-state index is 13.1. The Morgan fingerprint density at radius 3 is 2.64 bits per heavy atom. The largest absolute Gasteiger partial charge is 0.387 e. The molecule has 6 nitrogen and oxygen atoms in total. The molecule has 0 saturated carbocycles. The predicted octanol–water partition coefficient (Wildman–Crippen LogP) is 2.55. The van der Waals surface area contributed by atoms with Gasteiger partial charge in [-0.25, -0.2) is 14.4 Å². The van der Waals surface area contributed by atoms with Crippen LogP contribution in [-0.2, 0) is 11.3 Å². The first-order chi connectivity index (χ1) is 13.5. The summed E-state index contributed by atoms with van der Waals surface area (Å²) in [5.41, 5.74) is 1.64. The number of hydrogen-bond acceptors (Lipinski definition) is 5. The summed E-state index contributed by atoms with van der Waals surface area (Å²) in [6.07, 6.45) is 7.05. The monoisotopic (exact) mass is 386 g/mol. The molecule has 1 amide bonds. The quantitative estimate of drug-likeness (QED) is 0.826. The van der Waals surface area contributed by atoms with Crippen molar-refractivity contribution in [3.8, 4) is 0 Å². The SMILES string of the molecule is CC(=O)N(Cc1cncnc1)[C@H]1CCCN(C[C@@H](O)c2ccc(F)cc2)CC1. The zero-order valence-corrected chi connectivity index (χ0v) is 16.2. The molecule has 0 unspecified atom stereocenters. The molecular formula is C21H27FN4O2. The highest BCUT2D eigenvalue weighted by molar-refractivity contribution is 5.73. The van der Waals surface area contributed by atoms with Gasteiger partial charge in [-0.2, -0.15) is 0 Å². The number of aromatic nitrogens is 2. The van der Waals surface area contributed by atoms with Crippen molar-refractivity contribution >= 4 is 5.91 Å². The van der Waals surface area contributed by atoms with E-state index < -0.39 is 6.10 Å². The van der Waals surface area contributed by atoms with Gasteiger partial charge in [0.05, 0.1) is 6.10 Å². The second kappa shape index (κ2) is 9.71. The molecule has 1 N–H and O–H groups in total. The van der Waals surface area contributed by atoms with E-state index in [1.165, 1.54) is 18.5 Å². The van der Waals surface area contributed by atoms with E-state index in [2.05, 4.69) is 14.9 Å². The van der Waals surface area contributed by atoms with Crippen LogP contribution in [0.15, 0.2) is 43.0 Å². The van der Waals surface area contributed by atoms with Crippen LogP contribution in [0.5, 0.6) is 0 Å². The molecule has 2 atom stereocenters. The third-order valence-electron chi connectivity index (χ3n) is 5.29. The molecule has 28 heavy (non-hydrogen) atoms. The predicted molar refractivity (Wildman–Crippen MR) is 104 cm³/mol. The minimum absolute atomic E-state index is 0.0497. The van der Waals surface area contributed by atoms with E-state index in [0.717, 1.165) is 43.5 Å². The Balaban J connectivity index is 1.58. The summed E-state index contributed by atoms with van der Waals surface area (Å²) >= 11 is 0. The highest BCUT2D eigenvalue weighted by atomic mass is 19.1. The van der Waals surface area contributed by atoms with Crippen LogP contribution in [-0.4, -0.2) is 56.5 Å². The second-order valence-corrected chi connectivity index (χ2v) is 7.35. The maximum Gasteiger partial charge on any atom is 0.219 e. The highest BCUT2D eigenvalue weighted by Crippen LogP contribution is 2.22. The molecule has 0 bridgehead atoms. The van der Waals surface area contributed by atoms with Gasteiger partial charge in [0, 0.05) is 50.6 Å². The van der Waals surface area contributed by atoms with Crippen molar-refractivity contribution in [2.75, 3.05) is 19.6 Å². The van der Waals surface area contributed by atoms with Crippen LogP contribution in [0.1, 0.15) is 43.4 Å². The summed E-state index contributed by atoms with van der Waals surface area (Å²) in [4.78, 5) is 24.4. The normalized spacial score (nSPS) is 19.0. The number of nitrogens with zero attached hydrogens (tertiary/aromatic N) is 4. The Bertz CT molecular complexity index is 757. The fourth-order valence-corrected chi connectivity index (χ4v) is 3.77. The van der Waals surface area contributed by atoms with Crippen LogP contribution in [0.3, 0.4) is 0 Å². The van der Waals surface area contributed by atoms with Crippen molar-refractivity contribution < 1.29 is 14.3 Å². The van der Waals surface area contributed by atoms with E-state index in [1.54, 1.807) is 31.5 Å². The van der Waals surface area contributed by atoms with Crippen LogP contribution >= 0.6 is 0 Å². The lowest BCUT2D eigenvalue weighted by Crippen LogP contribution is -2.39. The van der Waals surface area contributed by atoms with Gasteiger partial charge >= 0.3 is 0 Å². The topological polar surface area (TPSA) is 69.6 Å². The number of rotatable bonds is 6. The van der Waals surface area contributed by atoms with Crippen LogP contribution < -0.4 is 0 Å². The van der Waals surface area contributed by atoms with E-state index in [1.807, 2.05) is 4.90 Å². The van der Waals surface area contributed by atoms with Gasteiger partial charge in [0.2, 0.25) is 5.91 Å². The Hall–Kier alpha value is -2.38. The number of β-amino-alcohol motifs (C(OH)–C–C–N with tert-alkyl or cyclic N) is 1. The number of halogens is 1. The van der Waals surface area contributed by atoms with Gasteiger partial charge in [0.25, 0.3) is 0 Å². The maximum absolute atomic E-state index is 13.1. The molecule has 1 aliphatic rings. The van der Waals surface area contributed by atoms with Gasteiger partial charge in [-0.3, -0.25) is 4.79 Å². The second-order valence-electron chi connectivity index (χ2n) is 7.35. The molecule has 1 fully saturated rings. The van der Waals surface area contributed by atoms with E-state index in [0.29, 0.717) is 13.1 Å². The number of benzene rings is 1. The molecule has 1 aromatic heterocycles. The molecule has 2 heterocycles. The molecule has 0 aliphatic carbocycles. The average Bonchev–Trinajstić information content (AvgIpc) is 2.92. The van der Waals surface area contributed by atoms with Crippen molar-refractivity contribution in [1.29, 1.82) is 0 Å². The first-order valence-corrected chi connectivity index (χ1v) is 9.70. The molecule has 0 spiro atoms. The first kappa shape index (κ1) is 20.4. The fourth-order valence-electron chi connectivity index (χ4n) is 3.77. The van der Waals surface area contributed by atoms with E-state index in [-0.39, 0.29) is 17.8 Å². The minimum atomic E-state index is -0.650. The standard InChI is InChI=1S/C21H27FN4O2/c1-16(27)26(13-17-11-23-15-24-12-17)20-3-2-9-25(10-8-20)14-21(28)18-4-6-19(22)7-5-18/h4-7,11-12,15,20-21,28H,2-3,8-10,13-14H2,1H3/t20-,21+/m0/s1. The Kier molecular flexibility index (Phi) is 7.06. The number of aliphatic hydroxyl groups is 1. The molecule has 1 aromatic carbocycles. The van der Waals surface area contributed by atoms with Crippen molar-refractivity contribution in [1.82, 2.24) is 19.8 Å². The molecule has 3 rings (SSSR count). The molecule has 150 valence electrons. The number of aliphatic hydroxyl groups excluding tert-OH is 1. The molecule has 1 saturated heterocycles. The smallest absolute Gasteiger partial charge is 0.219 e. The Morgan fingerprint density at radius 2 is 1.96 bits per heavy atom. The number of hydrogen-bond donors (Lipinski definition) is 1. The molecular weight excluding hydrogens is 359 g/mol. The van der Waals surface area contributed by atoms with Crippen molar-refractivity contribution in [3.05, 3.63) is 59.9 Å². The van der Waals surface area contributed by atoms with E-state index in [4.69, 9.17) is 0 Å². The Labute approximate surface area is 165 Å². The summed E-state index contributed by atoms with van der Waals surface area (Å²) in [5.74, 6) is -0.254. The van der Waals surface area contributed by atoms with Gasteiger partial charge in [-0.1, -0.05) is 12.1 Å². The summed E-state index contributed by atoms with van der Waals surface area (Å²) in [6, 6.07) is 6.15. The number of carbonyl (C=O) groups excluding carboxylic acids is 1. The van der Waals surface area contributed by atoms with Crippen molar-refractivity contribution in [2.45, 2.75) is 44.9 Å². The fraction of sp³-hybridized carbons (Fsp3) is 0.476. The Morgan fingerprint density at radius 1 is 1.25 bits per heavy atom. The third kappa shape index (κ3) is 5.56. The highest BCUT2D eigenvalue weighted by Gasteiger charge is 2.25. The summed E-state index contributed by atoms with van der Waals surface area (Å²) < 4.78 is 13.1. The van der Waals surface area contributed by atoms with Gasteiger partial charge in [-0.05, 0) is 43.5 Å². The van der Waals surface area contributed by atoms with Crippen molar-refractivity contribution in [3.63, 3.8) is 0 Å².